The molecule has 1 unspecified atom stereocenters. The van der Waals surface area contributed by atoms with Crippen LogP contribution in [0, 0.1) is 13.8 Å². The van der Waals surface area contributed by atoms with Crippen molar-refractivity contribution in [1.29, 1.82) is 0 Å². The second-order valence-corrected chi connectivity index (χ2v) is 9.64. The quantitative estimate of drug-likeness (QED) is 0.322. The Morgan fingerprint density at radius 1 is 0.935 bits per heavy atom. The van der Waals surface area contributed by atoms with Crippen molar-refractivity contribution in [2.24, 2.45) is 7.05 Å². The molecule has 2 nitrogen and oxygen atoms in total. The second-order valence-electron chi connectivity index (χ2n) is 9.64. The summed E-state index contributed by atoms with van der Waals surface area (Å²) in [5, 5.41) is 2.80. The largest absolute Gasteiger partial charge is 0.344 e. The highest BCUT2D eigenvalue weighted by Crippen LogP contribution is 2.46. The minimum absolute atomic E-state index is 0.613. The zero-order chi connectivity index (χ0) is 21.9. The summed E-state index contributed by atoms with van der Waals surface area (Å²) in [5.41, 5.74) is 11.0. The van der Waals surface area contributed by atoms with Crippen LogP contribution in [0.5, 0.6) is 0 Å². The average Bonchev–Trinajstić information content (AvgIpc) is 3.58. The monoisotopic (exact) mass is 410 g/mol. The molecule has 1 fully saturated rings. The smallest absolute Gasteiger partial charge is 0.0509 e. The molecular weight excluding hydrogens is 376 g/mol. The molecule has 1 heterocycles. The van der Waals surface area contributed by atoms with Gasteiger partial charge in [0.05, 0.1) is 5.52 Å². The topological polar surface area (TPSA) is 8.17 Å². The summed E-state index contributed by atoms with van der Waals surface area (Å²) in [4.78, 5) is 2.34. The maximum atomic E-state index is 2.53. The molecule has 1 aliphatic carbocycles. The van der Waals surface area contributed by atoms with E-state index in [4.69, 9.17) is 0 Å². The third kappa shape index (κ3) is 3.24. The van der Waals surface area contributed by atoms with Gasteiger partial charge in [-0.2, -0.15) is 0 Å². The van der Waals surface area contributed by atoms with Crippen molar-refractivity contribution in [2.45, 2.75) is 58.8 Å². The number of benzene rings is 3. The molecule has 5 rings (SSSR count). The highest BCUT2D eigenvalue weighted by atomic mass is 15.1. The van der Waals surface area contributed by atoms with Crippen LogP contribution in [-0.2, 0) is 7.05 Å². The van der Waals surface area contributed by atoms with E-state index < -0.39 is 0 Å². The van der Waals surface area contributed by atoms with Crippen LogP contribution in [0.1, 0.15) is 67.2 Å². The molecule has 3 aromatic carbocycles. The molecule has 0 aliphatic heterocycles. The number of aromatic nitrogens is 1. The van der Waals surface area contributed by atoms with Crippen molar-refractivity contribution in [3.63, 3.8) is 0 Å². The highest BCUT2D eigenvalue weighted by molar-refractivity contribution is 6.10. The van der Waals surface area contributed by atoms with Crippen LogP contribution < -0.4 is 4.90 Å². The molecule has 0 saturated heterocycles. The summed E-state index contributed by atoms with van der Waals surface area (Å²) in [6, 6.07) is 18.4. The van der Waals surface area contributed by atoms with E-state index in [-0.39, 0.29) is 0 Å². The van der Waals surface area contributed by atoms with Crippen molar-refractivity contribution in [3.8, 4) is 0 Å². The summed E-state index contributed by atoms with van der Waals surface area (Å²) in [6.07, 6.45) is 3.90. The van der Waals surface area contributed by atoms with Gasteiger partial charge < -0.3 is 9.47 Å². The van der Waals surface area contributed by atoms with E-state index in [0.29, 0.717) is 5.92 Å². The maximum absolute atomic E-state index is 2.53. The van der Waals surface area contributed by atoms with Crippen LogP contribution in [0.3, 0.4) is 0 Å². The molecular formula is C29H34N2. The summed E-state index contributed by atoms with van der Waals surface area (Å²) in [6.45, 7) is 9.13. The lowest BCUT2D eigenvalue weighted by Crippen LogP contribution is -2.12. The first-order valence-corrected chi connectivity index (χ1v) is 11.8. The molecule has 1 saturated carbocycles. The fourth-order valence-electron chi connectivity index (χ4n) is 5.25. The van der Waals surface area contributed by atoms with E-state index in [1.807, 2.05) is 0 Å². The Hall–Kier alpha value is -2.74. The summed E-state index contributed by atoms with van der Waals surface area (Å²) in [7, 11) is 4.42. The normalized spacial score (nSPS) is 15.0. The van der Waals surface area contributed by atoms with Gasteiger partial charge in [0.15, 0.2) is 0 Å². The molecule has 0 radical (unpaired) electrons. The zero-order valence-electron chi connectivity index (χ0n) is 19.8. The molecule has 1 aliphatic rings. The van der Waals surface area contributed by atoms with Gasteiger partial charge in [-0.25, -0.2) is 0 Å². The van der Waals surface area contributed by atoms with Crippen LogP contribution >= 0.6 is 0 Å². The van der Waals surface area contributed by atoms with Crippen molar-refractivity contribution < 1.29 is 0 Å². The average molecular weight is 411 g/mol. The number of hydrogen-bond acceptors (Lipinski definition) is 1. The van der Waals surface area contributed by atoms with Gasteiger partial charge in [0.1, 0.15) is 0 Å². The summed E-state index contributed by atoms with van der Waals surface area (Å²) in [5.74, 6) is 1.39. The maximum Gasteiger partial charge on any atom is 0.0509 e. The van der Waals surface area contributed by atoms with Gasteiger partial charge in [-0.05, 0) is 97.5 Å². The highest BCUT2D eigenvalue weighted by Gasteiger charge is 2.28. The Balaban J connectivity index is 1.73. The van der Waals surface area contributed by atoms with Gasteiger partial charge in [-0.15, -0.1) is 0 Å². The van der Waals surface area contributed by atoms with Crippen molar-refractivity contribution in [1.82, 2.24) is 4.57 Å². The van der Waals surface area contributed by atoms with Gasteiger partial charge in [0, 0.05) is 41.8 Å². The van der Waals surface area contributed by atoms with Gasteiger partial charge in [0.2, 0.25) is 0 Å². The summed E-state index contributed by atoms with van der Waals surface area (Å²) < 4.78 is 2.40. The number of nitrogens with zero attached hydrogens (tertiary/aromatic N) is 2. The SMILES string of the molecule is CCC(C)c1cc2c(cc1C1CC1)c1cc(C)c(N(C)c3ccccc3C)cc1n2C. The Morgan fingerprint density at radius 3 is 2.29 bits per heavy atom. The van der Waals surface area contributed by atoms with Crippen LogP contribution in [0.4, 0.5) is 11.4 Å². The fraction of sp³-hybridized carbons (Fsp3) is 0.379. The van der Waals surface area contributed by atoms with E-state index in [0.717, 1.165) is 5.92 Å². The molecule has 4 aromatic rings. The Kier molecular flexibility index (Phi) is 4.84. The Labute approximate surface area is 186 Å². The number of rotatable bonds is 5. The first kappa shape index (κ1) is 20.2. The van der Waals surface area contributed by atoms with E-state index in [1.54, 1.807) is 11.1 Å². The lowest BCUT2D eigenvalue weighted by molar-refractivity contribution is 0.723. The third-order valence-corrected chi connectivity index (χ3v) is 7.53. The first-order valence-electron chi connectivity index (χ1n) is 11.8. The third-order valence-electron chi connectivity index (χ3n) is 7.53. The molecule has 1 aromatic heterocycles. The predicted octanol–water partition coefficient (Wildman–Crippen LogP) is 8.11. The summed E-state index contributed by atoms with van der Waals surface area (Å²) >= 11 is 0. The fourth-order valence-corrected chi connectivity index (χ4v) is 5.25. The zero-order valence-corrected chi connectivity index (χ0v) is 19.8. The van der Waals surface area contributed by atoms with Crippen molar-refractivity contribution >= 4 is 33.2 Å². The number of aryl methyl sites for hydroxylation is 3. The molecule has 0 spiro atoms. The number of fused-ring (bicyclic) bond motifs is 3. The van der Waals surface area contributed by atoms with E-state index in [1.165, 1.54) is 63.6 Å². The molecule has 0 bridgehead atoms. The minimum atomic E-state index is 0.613. The van der Waals surface area contributed by atoms with Gasteiger partial charge in [0.25, 0.3) is 0 Å². The van der Waals surface area contributed by atoms with Crippen LogP contribution in [0.15, 0.2) is 48.5 Å². The van der Waals surface area contributed by atoms with Crippen LogP contribution in [0.25, 0.3) is 21.8 Å². The minimum Gasteiger partial charge on any atom is -0.344 e. The predicted molar refractivity (Wildman–Crippen MR) is 135 cm³/mol. The van der Waals surface area contributed by atoms with Gasteiger partial charge in [-0.3, -0.25) is 0 Å². The Bertz CT molecular complexity index is 1290. The lowest BCUT2D eigenvalue weighted by atomic mass is 9.90. The molecule has 0 amide bonds. The van der Waals surface area contributed by atoms with Crippen LogP contribution in [-0.4, -0.2) is 11.6 Å². The van der Waals surface area contributed by atoms with Crippen molar-refractivity contribution in [2.75, 3.05) is 11.9 Å². The second kappa shape index (κ2) is 7.44. The van der Waals surface area contributed by atoms with E-state index >= 15 is 0 Å². The van der Waals surface area contributed by atoms with Crippen molar-refractivity contribution in [3.05, 3.63) is 70.8 Å². The van der Waals surface area contributed by atoms with Crippen LogP contribution in [0.2, 0.25) is 0 Å². The Morgan fingerprint density at radius 2 is 1.61 bits per heavy atom. The molecule has 0 N–H and O–H groups in total. The molecule has 1 atom stereocenters. The van der Waals surface area contributed by atoms with Gasteiger partial charge in [-0.1, -0.05) is 32.0 Å². The number of hydrogen-bond donors (Lipinski definition) is 0. The first-order chi connectivity index (χ1) is 14.9. The molecule has 31 heavy (non-hydrogen) atoms. The van der Waals surface area contributed by atoms with E-state index in [2.05, 4.69) is 99.8 Å². The molecule has 160 valence electrons. The van der Waals surface area contributed by atoms with E-state index in [9.17, 15) is 0 Å². The number of anilines is 2. The van der Waals surface area contributed by atoms with Gasteiger partial charge >= 0.3 is 0 Å². The number of para-hydroxylation sites is 1. The standard InChI is InChI=1S/C29H34N2/c1-7-18(2)22-16-28-25(15-23(22)21-12-13-21)24-14-20(4)27(17-29(24)31(28)6)30(5)26-11-9-8-10-19(26)3/h8-11,14-18,21H,7,12-13H2,1-6H3. The lowest BCUT2D eigenvalue weighted by Gasteiger charge is -2.24. The molecule has 2 heteroatoms.